The average Bonchev–Trinajstić information content (AvgIpc) is 3.17. The van der Waals surface area contributed by atoms with Crippen LogP contribution in [0.2, 0.25) is 0 Å². The summed E-state index contributed by atoms with van der Waals surface area (Å²) in [4.78, 5) is 25.5. The van der Waals surface area contributed by atoms with Crippen molar-refractivity contribution in [3.63, 3.8) is 0 Å². The number of unbranched alkanes of at least 4 members (excludes halogenated alkanes) is 10. The van der Waals surface area contributed by atoms with Gasteiger partial charge in [0.25, 0.3) is 0 Å². The molecule has 0 bridgehead atoms. The summed E-state index contributed by atoms with van der Waals surface area (Å²) in [5.41, 5.74) is 1.64. The number of aromatic hydroxyl groups is 1. The van der Waals surface area contributed by atoms with Crippen molar-refractivity contribution in [3.05, 3.63) is 127 Å². The molecule has 0 saturated carbocycles. The van der Waals surface area contributed by atoms with Crippen LogP contribution < -0.4 is 9.47 Å². The maximum atomic E-state index is 12.8. The predicted octanol–water partition coefficient (Wildman–Crippen LogP) is 14.6. The highest BCUT2D eigenvalue weighted by atomic mass is 16.5. The predicted molar refractivity (Wildman–Crippen MR) is 233 cm³/mol. The molecule has 0 atom stereocenters. The van der Waals surface area contributed by atoms with E-state index in [2.05, 4.69) is 86.8 Å². The molecule has 0 unspecified atom stereocenters. The number of phenolic OH excluding ortho intramolecular Hbond substituents is 1. The molecule has 0 aromatic heterocycles. The van der Waals surface area contributed by atoms with Crippen LogP contribution in [0.5, 0.6) is 17.2 Å². The summed E-state index contributed by atoms with van der Waals surface area (Å²) in [6, 6.07) is 12.0. The van der Waals surface area contributed by atoms with E-state index in [0.717, 1.165) is 127 Å². The smallest absolute Gasteiger partial charge is 0.311 e. The molecular weight excluding hydrogens is 681 g/mol. The summed E-state index contributed by atoms with van der Waals surface area (Å²) in [5.74, 6) is 0.328. The number of carbonyl (C=O) groups is 2. The van der Waals surface area contributed by atoms with Crippen LogP contribution in [0.25, 0.3) is 12.2 Å². The first-order chi connectivity index (χ1) is 27.0. The molecular formula is C50H68O5. The van der Waals surface area contributed by atoms with Crippen LogP contribution in [0, 0.1) is 0 Å². The van der Waals surface area contributed by atoms with Gasteiger partial charge in [0.15, 0.2) is 0 Å². The minimum absolute atomic E-state index is 0.199. The molecule has 2 aromatic rings. The molecule has 0 heterocycles. The van der Waals surface area contributed by atoms with Gasteiger partial charge in [0.05, 0.1) is 0 Å². The van der Waals surface area contributed by atoms with Gasteiger partial charge in [-0.2, -0.15) is 0 Å². The van der Waals surface area contributed by atoms with Gasteiger partial charge in [0.1, 0.15) is 17.2 Å². The summed E-state index contributed by atoms with van der Waals surface area (Å²) in [5, 5.41) is 9.62. The Morgan fingerprint density at radius 3 is 1.31 bits per heavy atom. The lowest BCUT2D eigenvalue weighted by molar-refractivity contribution is -0.135. The minimum Gasteiger partial charge on any atom is -0.508 e. The SMILES string of the molecule is CC/C=C/C/C=C/C/C=C/CCCCCCCC(=O)Oc1cc(/C=C/c2ccc(O)cc2)cc(OC(=O)CCCCCCC/C=C/C/C=C/C/C=C/CC)c1. The number of phenols is 1. The number of allylic oxidation sites excluding steroid dienone is 12. The lowest BCUT2D eigenvalue weighted by Gasteiger charge is -2.10. The highest BCUT2D eigenvalue weighted by molar-refractivity contribution is 5.76. The van der Waals surface area contributed by atoms with Crippen LogP contribution in [0.1, 0.15) is 153 Å². The van der Waals surface area contributed by atoms with E-state index >= 15 is 0 Å². The monoisotopic (exact) mass is 749 g/mol. The Bertz CT molecular complexity index is 1440. The lowest BCUT2D eigenvalue weighted by Crippen LogP contribution is -2.10. The molecule has 55 heavy (non-hydrogen) atoms. The van der Waals surface area contributed by atoms with Crippen LogP contribution in [0.3, 0.4) is 0 Å². The number of hydrogen-bond donors (Lipinski definition) is 1. The molecule has 0 fully saturated rings. The normalized spacial score (nSPS) is 12.3. The summed E-state index contributed by atoms with van der Waals surface area (Å²) in [6.45, 7) is 4.30. The zero-order valence-corrected chi connectivity index (χ0v) is 33.8. The fraction of sp³-hybridized carbons (Fsp3) is 0.440. The zero-order chi connectivity index (χ0) is 39.4. The van der Waals surface area contributed by atoms with E-state index in [0.29, 0.717) is 24.3 Å². The third-order valence-electron chi connectivity index (χ3n) is 8.79. The van der Waals surface area contributed by atoms with E-state index in [-0.39, 0.29) is 17.7 Å². The van der Waals surface area contributed by atoms with Crippen molar-refractivity contribution >= 4 is 24.1 Å². The Hall–Kier alpha value is -4.64. The molecule has 5 heteroatoms. The van der Waals surface area contributed by atoms with Gasteiger partial charge >= 0.3 is 11.9 Å². The maximum Gasteiger partial charge on any atom is 0.311 e. The van der Waals surface area contributed by atoms with Crippen LogP contribution in [0.15, 0.2) is 115 Å². The third-order valence-corrected chi connectivity index (χ3v) is 8.79. The second kappa shape index (κ2) is 32.8. The molecule has 0 aliphatic rings. The molecule has 0 aliphatic carbocycles. The van der Waals surface area contributed by atoms with E-state index in [1.54, 1.807) is 30.3 Å². The van der Waals surface area contributed by atoms with Crippen LogP contribution >= 0.6 is 0 Å². The number of esters is 2. The fourth-order valence-electron chi connectivity index (χ4n) is 5.73. The van der Waals surface area contributed by atoms with Crippen molar-refractivity contribution in [1.29, 1.82) is 0 Å². The van der Waals surface area contributed by atoms with Crippen molar-refractivity contribution in [2.75, 3.05) is 0 Å². The highest BCUT2D eigenvalue weighted by Crippen LogP contribution is 2.26. The Labute approximate surface area is 333 Å². The van der Waals surface area contributed by atoms with E-state index in [4.69, 9.17) is 9.47 Å². The molecule has 1 N–H and O–H groups in total. The molecule has 0 aliphatic heterocycles. The van der Waals surface area contributed by atoms with Crippen LogP contribution in [-0.4, -0.2) is 17.0 Å². The Kier molecular flexibility index (Phi) is 27.7. The van der Waals surface area contributed by atoms with E-state index in [1.807, 2.05) is 24.3 Å². The van der Waals surface area contributed by atoms with Crippen molar-refractivity contribution in [2.24, 2.45) is 0 Å². The molecule has 5 nitrogen and oxygen atoms in total. The number of carbonyl (C=O) groups excluding carboxylic acids is 2. The van der Waals surface area contributed by atoms with E-state index in [9.17, 15) is 14.7 Å². The molecule has 0 radical (unpaired) electrons. The van der Waals surface area contributed by atoms with Gasteiger partial charge in [-0.1, -0.05) is 150 Å². The summed E-state index contributed by atoms with van der Waals surface area (Å²) in [6.07, 6.45) is 49.7. The molecule has 0 spiro atoms. The first-order valence-corrected chi connectivity index (χ1v) is 20.9. The maximum absolute atomic E-state index is 12.8. The first kappa shape index (κ1) is 46.5. The average molecular weight is 749 g/mol. The Morgan fingerprint density at radius 1 is 0.473 bits per heavy atom. The zero-order valence-electron chi connectivity index (χ0n) is 33.8. The summed E-state index contributed by atoms with van der Waals surface area (Å²) < 4.78 is 11.5. The van der Waals surface area contributed by atoms with Gasteiger partial charge in [-0.25, -0.2) is 0 Å². The van der Waals surface area contributed by atoms with Crippen molar-refractivity contribution in [3.8, 4) is 17.2 Å². The van der Waals surface area contributed by atoms with Crippen molar-refractivity contribution < 1.29 is 24.2 Å². The van der Waals surface area contributed by atoms with Crippen LogP contribution in [-0.2, 0) is 9.59 Å². The van der Waals surface area contributed by atoms with Gasteiger partial charge in [-0.3, -0.25) is 9.59 Å². The second-order valence-corrected chi connectivity index (χ2v) is 13.8. The minimum atomic E-state index is -0.291. The van der Waals surface area contributed by atoms with Crippen LogP contribution in [0.4, 0.5) is 0 Å². The number of hydrogen-bond acceptors (Lipinski definition) is 5. The molecule has 2 aromatic carbocycles. The van der Waals surface area contributed by atoms with Crippen molar-refractivity contribution in [1.82, 2.24) is 0 Å². The molecule has 2 rings (SSSR count). The summed E-state index contributed by atoms with van der Waals surface area (Å²) in [7, 11) is 0. The highest BCUT2D eigenvalue weighted by Gasteiger charge is 2.11. The van der Waals surface area contributed by atoms with Crippen molar-refractivity contribution in [2.45, 2.75) is 142 Å². The Morgan fingerprint density at radius 2 is 0.855 bits per heavy atom. The van der Waals surface area contributed by atoms with E-state index < -0.39 is 0 Å². The van der Waals surface area contributed by atoms with Gasteiger partial charge < -0.3 is 14.6 Å². The molecule has 298 valence electrons. The number of rotatable bonds is 30. The Balaban J connectivity index is 1.74. The van der Waals surface area contributed by atoms with Gasteiger partial charge in [0.2, 0.25) is 0 Å². The summed E-state index contributed by atoms with van der Waals surface area (Å²) >= 11 is 0. The molecule has 0 saturated heterocycles. The second-order valence-electron chi connectivity index (χ2n) is 13.8. The quantitative estimate of drug-likeness (QED) is 0.0283. The van der Waals surface area contributed by atoms with Gasteiger partial charge in [-0.05, 0) is 112 Å². The third kappa shape index (κ3) is 26.7. The topological polar surface area (TPSA) is 72.8 Å². The largest absolute Gasteiger partial charge is 0.508 e. The number of ether oxygens (including phenoxy) is 2. The molecule has 0 amide bonds. The van der Waals surface area contributed by atoms with Gasteiger partial charge in [0, 0.05) is 18.9 Å². The fourth-order valence-corrected chi connectivity index (χ4v) is 5.73. The number of benzene rings is 2. The first-order valence-electron chi connectivity index (χ1n) is 20.9. The van der Waals surface area contributed by atoms with E-state index in [1.165, 1.54) is 0 Å². The lowest BCUT2D eigenvalue weighted by atomic mass is 10.1. The standard InChI is InChI=1S/C50H68O5/c1-3-5-7-9-11-13-15-17-19-21-23-25-27-29-31-33-49(52)54-47-41-45(36-35-44-37-39-46(51)40-38-44)42-48(43-47)55-50(53)34-32-30-28-26-24-22-20-18-16-14-12-10-8-6-4-2/h5-8,11-14,17-20,35-43,51H,3-4,9-10,15-16,21-34H2,1-2H3/b7-5+,8-6+,13-11+,14-12+,19-17+,20-18+,36-35+. The van der Waals surface area contributed by atoms with Gasteiger partial charge in [-0.15, -0.1) is 0 Å².